The molecule has 0 aromatic rings. The Morgan fingerprint density at radius 3 is 2.50 bits per heavy atom. The first-order valence-electron chi connectivity index (χ1n) is 2.98. The van der Waals surface area contributed by atoms with Crippen LogP contribution in [0.4, 0.5) is 0 Å². The molecule has 8 heavy (non-hydrogen) atoms. The number of hydrogen-bond acceptors (Lipinski definition) is 2. The summed E-state index contributed by atoms with van der Waals surface area (Å²) in [5.41, 5.74) is 6.03. The molecule has 0 radical (unpaired) electrons. The molecule has 0 bridgehead atoms. The first-order valence-corrected chi connectivity index (χ1v) is 2.98. The summed E-state index contributed by atoms with van der Waals surface area (Å²) in [6, 6.07) is 0.556. The quantitative estimate of drug-likeness (QED) is 0.480. The molecule has 0 fully saturated rings. The summed E-state index contributed by atoms with van der Waals surface area (Å²) in [6.07, 6.45) is 4.09. The molecule has 1 aliphatic heterocycles. The molecule has 46 valence electrons. The number of rotatable bonds is 0. The highest BCUT2D eigenvalue weighted by molar-refractivity contribution is 4.92. The van der Waals surface area contributed by atoms with Gasteiger partial charge >= 0.3 is 0 Å². The molecule has 2 N–H and O–H groups in total. The molecule has 0 aliphatic carbocycles. The molecule has 0 saturated heterocycles. The highest BCUT2D eigenvalue weighted by atomic mass is 15.4. The van der Waals surface area contributed by atoms with Gasteiger partial charge in [-0.2, -0.15) is 0 Å². The normalized spacial score (nSPS) is 36.8. The Hall–Kier alpha value is -0.500. The van der Waals surface area contributed by atoms with Gasteiger partial charge in [0.05, 0.1) is 0 Å². The summed E-state index contributed by atoms with van der Waals surface area (Å²) in [6.45, 7) is 4.34. The third kappa shape index (κ3) is 1.01. The fourth-order valence-electron chi connectivity index (χ4n) is 0.678. The van der Waals surface area contributed by atoms with Gasteiger partial charge in [-0.25, -0.2) is 5.43 Å². The van der Waals surface area contributed by atoms with Crippen molar-refractivity contribution in [3.63, 3.8) is 0 Å². The largest absolute Gasteiger partial charge is 0.329 e. The van der Waals surface area contributed by atoms with E-state index in [2.05, 4.69) is 30.8 Å². The molecule has 1 aliphatic rings. The van der Waals surface area contributed by atoms with Gasteiger partial charge in [-0.3, -0.25) is 0 Å². The SMILES string of the molecule is CC1C=CNN[C@@H]1C. The Bertz CT molecular complexity index is 98.7. The third-order valence-corrected chi connectivity index (χ3v) is 1.58. The zero-order chi connectivity index (χ0) is 5.98. The van der Waals surface area contributed by atoms with Crippen LogP contribution in [0.2, 0.25) is 0 Å². The topological polar surface area (TPSA) is 24.1 Å². The van der Waals surface area contributed by atoms with Crippen LogP contribution in [0.1, 0.15) is 13.8 Å². The van der Waals surface area contributed by atoms with Crippen molar-refractivity contribution >= 4 is 0 Å². The summed E-state index contributed by atoms with van der Waals surface area (Å²) in [7, 11) is 0. The Kier molecular flexibility index (Phi) is 1.53. The van der Waals surface area contributed by atoms with Crippen LogP contribution in [0.15, 0.2) is 12.3 Å². The van der Waals surface area contributed by atoms with E-state index in [1.807, 2.05) is 6.20 Å². The van der Waals surface area contributed by atoms with Crippen LogP contribution < -0.4 is 10.9 Å². The highest BCUT2D eigenvalue weighted by Crippen LogP contribution is 2.04. The smallest absolute Gasteiger partial charge is 0.0292 e. The molecule has 0 aromatic heterocycles. The lowest BCUT2D eigenvalue weighted by Gasteiger charge is -2.22. The Labute approximate surface area is 49.9 Å². The van der Waals surface area contributed by atoms with Crippen molar-refractivity contribution in [1.29, 1.82) is 0 Å². The summed E-state index contributed by atoms with van der Waals surface area (Å²) in [5, 5.41) is 0. The maximum Gasteiger partial charge on any atom is 0.0292 e. The summed E-state index contributed by atoms with van der Waals surface area (Å²) in [4.78, 5) is 0. The van der Waals surface area contributed by atoms with E-state index < -0.39 is 0 Å². The summed E-state index contributed by atoms with van der Waals surface area (Å²) < 4.78 is 0. The van der Waals surface area contributed by atoms with Crippen LogP contribution in [-0.4, -0.2) is 6.04 Å². The van der Waals surface area contributed by atoms with E-state index in [0.29, 0.717) is 12.0 Å². The number of hydrazine groups is 1. The molecule has 2 nitrogen and oxygen atoms in total. The highest BCUT2D eigenvalue weighted by Gasteiger charge is 2.09. The molecule has 0 saturated carbocycles. The average Bonchev–Trinajstić information content (AvgIpc) is 1.77. The van der Waals surface area contributed by atoms with Gasteiger partial charge in [0.2, 0.25) is 0 Å². The van der Waals surface area contributed by atoms with Crippen molar-refractivity contribution in [2.45, 2.75) is 19.9 Å². The minimum atomic E-state index is 0.556. The zero-order valence-corrected chi connectivity index (χ0v) is 5.31. The van der Waals surface area contributed by atoms with Crippen molar-refractivity contribution in [3.05, 3.63) is 12.3 Å². The van der Waals surface area contributed by atoms with E-state index in [-0.39, 0.29) is 0 Å². The fraction of sp³-hybridized carbons (Fsp3) is 0.667. The van der Waals surface area contributed by atoms with Crippen molar-refractivity contribution in [2.75, 3.05) is 0 Å². The Balaban J connectivity index is 2.47. The van der Waals surface area contributed by atoms with Gasteiger partial charge < -0.3 is 5.43 Å². The molecule has 1 rings (SSSR count). The van der Waals surface area contributed by atoms with E-state index in [1.165, 1.54) is 0 Å². The molecule has 0 spiro atoms. The van der Waals surface area contributed by atoms with Crippen LogP contribution >= 0.6 is 0 Å². The van der Waals surface area contributed by atoms with E-state index in [9.17, 15) is 0 Å². The van der Waals surface area contributed by atoms with E-state index >= 15 is 0 Å². The molecule has 0 amide bonds. The van der Waals surface area contributed by atoms with Gasteiger partial charge in [-0.1, -0.05) is 13.0 Å². The second kappa shape index (κ2) is 2.18. The predicted molar refractivity (Wildman–Crippen MR) is 34.0 cm³/mol. The number of nitrogens with one attached hydrogen (secondary N) is 2. The van der Waals surface area contributed by atoms with Crippen molar-refractivity contribution in [3.8, 4) is 0 Å². The first kappa shape index (κ1) is 5.63. The minimum absolute atomic E-state index is 0.556. The van der Waals surface area contributed by atoms with Crippen molar-refractivity contribution in [1.82, 2.24) is 10.9 Å². The van der Waals surface area contributed by atoms with Gasteiger partial charge in [0.1, 0.15) is 0 Å². The van der Waals surface area contributed by atoms with E-state index in [4.69, 9.17) is 0 Å². The maximum atomic E-state index is 3.09. The molecular weight excluding hydrogens is 100 g/mol. The fourth-order valence-corrected chi connectivity index (χ4v) is 0.678. The van der Waals surface area contributed by atoms with Crippen molar-refractivity contribution < 1.29 is 0 Å². The average molecular weight is 112 g/mol. The molecule has 1 unspecified atom stereocenters. The van der Waals surface area contributed by atoms with Crippen molar-refractivity contribution in [2.24, 2.45) is 5.92 Å². The number of hydrogen-bond donors (Lipinski definition) is 2. The zero-order valence-electron chi connectivity index (χ0n) is 5.31. The van der Waals surface area contributed by atoms with E-state index in [0.717, 1.165) is 0 Å². The molecular formula is C6H12N2. The predicted octanol–water partition coefficient (Wildman–Crippen LogP) is 0.632. The third-order valence-electron chi connectivity index (χ3n) is 1.58. The molecule has 0 aromatic carbocycles. The van der Waals surface area contributed by atoms with Gasteiger partial charge in [0.15, 0.2) is 0 Å². The van der Waals surface area contributed by atoms with Crippen LogP contribution in [0.5, 0.6) is 0 Å². The lowest BCUT2D eigenvalue weighted by molar-refractivity contribution is 0.405. The Morgan fingerprint density at radius 1 is 1.38 bits per heavy atom. The minimum Gasteiger partial charge on any atom is -0.329 e. The van der Waals surface area contributed by atoms with Gasteiger partial charge in [-0.15, -0.1) is 0 Å². The monoisotopic (exact) mass is 112 g/mol. The standard InChI is InChI=1S/C6H12N2/c1-5-3-4-7-8-6(5)2/h3-8H,1-2H3/t5?,6-/m1/s1. The van der Waals surface area contributed by atoms with Crippen LogP contribution in [-0.2, 0) is 0 Å². The van der Waals surface area contributed by atoms with Crippen LogP contribution in [0, 0.1) is 5.92 Å². The Morgan fingerprint density at radius 2 is 2.12 bits per heavy atom. The van der Waals surface area contributed by atoms with Crippen LogP contribution in [0.3, 0.4) is 0 Å². The summed E-state index contributed by atoms with van der Waals surface area (Å²) in [5.74, 6) is 0.649. The second-order valence-electron chi connectivity index (χ2n) is 2.30. The van der Waals surface area contributed by atoms with Gasteiger partial charge in [-0.05, 0) is 12.8 Å². The molecule has 1 heterocycles. The summed E-state index contributed by atoms with van der Waals surface area (Å²) >= 11 is 0. The van der Waals surface area contributed by atoms with Crippen LogP contribution in [0.25, 0.3) is 0 Å². The van der Waals surface area contributed by atoms with Gasteiger partial charge in [0, 0.05) is 12.2 Å². The lowest BCUT2D eigenvalue weighted by atomic mass is 10.0. The van der Waals surface area contributed by atoms with Gasteiger partial charge in [0.25, 0.3) is 0 Å². The lowest BCUT2D eigenvalue weighted by Crippen LogP contribution is -2.42. The van der Waals surface area contributed by atoms with E-state index in [1.54, 1.807) is 0 Å². The molecule has 2 heteroatoms. The second-order valence-corrected chi connectivity index (χ2v) is 2.30. The maximum absolute atomic E-state index is 3.09. The first-order chi connectivity index (χ1) is 3.80. The molecule has 2 atom stereocenters.